The van der Waals surface area contributed by atoms with Crippen LogP contribution in [-0.4, -0.2) is 5.78 Å². The van der Waals surface area contributed by atoms with Crippen molar-refractivity contribution < 1.29 is 9.18 Å². The molecule has 1 aliphatic carbocycles. The van der Waals surface area contributed by atoms with E-state index in [1.807, 2.05) is 6.92 Å². The minimum absolute atomic E-state index is 0.0193. The fourth-order valence-corrected chi connectivity index (χ4v) is 2.69. The van der Waals surface area contributed by atoms with Gasteiger partial charge < -0.3 is 0 Å². The smallest absolute Gasteiger partial charge is 0.160 e. The molecule has 0 heterocycles. The van der Waals surface area contributed by atoms with Gasteiger partial charge in [0.15, 0.2) is 5.78 Å². The molecule has 3 heteroatoms. The highest BCUT2D eigenvalue weighted by molar-refractivity contribution is 5.93. The number of rotatable bonds is 3. The van der Waals surface area contributed by atoms with E-state index in [1.54, 1.807) is 0 Å². The van der Waals surface area contributed by atoms with Crippen LogP contribution in [0.2, 0.25) is 0 Å². The molecule has 2 nitrogen and oxygen atoms in total. The monoisotopic (exact) mass is 245 g/mol. The number of ketones is 1. The minimum atomic E-state index is -0.770. The summed E-state index contributed by atoms with van der Waals surface area (Å²) in [6.07, 6.45) is 3.80. The van der Waals surface area contributed by atoms with Gasteiger partial charge in [0.05, 0.1) is 6.07 Å². The number of Topliss-reactive ketones (excluding diaryl/α,β-unsaturated/α-hetero) is 1. The quantitative estimate of drug-likeness (QED) is 0.816. The fourth-order valence-electron chi connectivity index (χ4n) is 2.69. The van der Waals surface area contributed by atoms with Crippen LogP contribution in [0, 0.1) is 22.6 Å². The maximum absolute atomic E-state index is 12.9. The van der Waals surface area contributed by atoms with Crippen LogP contribution in [0.3, 0.4) is 0 Å². The number of nitrogens with zero attached hydrogens (tertiary/aromatic N) is 1. The average Bonchev–Trinajstić information content (AvgIpc) is 2.81. The molecule has 0 N–H and O–H groups in total. The lowest BCUT2D eigenvalue weighted by Gasteiger charge is -2.24. The van der Waals surface area contributed by atoms with E-state index in [2.05, 4.69) is 6.07 Å². The third kappa shape index (κ3) is 2.28. The highest BCUT2D eigenvalue weighted by Gasteiger charge is 2.40. The molecule has 1 saturated carbocycles. The maximum atomic E-state index is 12.9. The van der Waals surface area contributed by atoms with Crippen molar-refractivity contribution in [1.82, 2.24) is 0 Å². The lowest BCUT2D eigenvalue weighted by Crippen LogP contribution is -2.29. The van der Waals surface area contributed by atoms with Crippen molar-refractivity contribution in [2.75, 3.05) is 0 Å². The molecule has 1 atom stereocenters. The summed E-state index contributed by atoms with van der Waals surface area (Å²) in [4.78, 5) is 12.5. The van der Waals surface area contributed by atoms with Crippen LogP contribution in [-0.2, 0) is 4.79 Å². The molecule has 1 unspecified atom stereocenters. The van der Waals surface area contributed by atoms with Crippen LogP contribution < -0.4 is 0 Å². The van der Waals surface area contributed by atoms with Gasteiger partial charge in [-0.15, -0.1) is 0 Å². The Labute approximate surface area is 106 Å². The Bertz CT molecular complexity index is 480. The summed E-state index contributed by atoms with van der Waals surface area (Å²) < 4.78 is 12.9. The zero-order chi connectivity index (χ0) is 13.2. The van der Waals surface area contributed by atoms with Crippen molar-refractivity contribution in [3.63, 3.8) is 0 Å². The van der Waals surface area contributed by atoms with Crippen LogP contribution in [0.5, 0.6) is 0 Å². The van der Waals surface area contributed by atoms with Gasteiger partial charge in [0, 0.05) is 5.41 Å². The van der Waals surface area contributed by atoms with Crippen molar-refractivity contribution in [2.24, 2.45) is 5.41 Å². The van der Waals surface area contributed by atoms with Crippen molar-refractivity contribution >= 4 is 5.78 Å². The van der Waals surface area contributed by atoms with Crippen LogP contribution in [0.4, 0.5) is 4.39 Å². The van der Waals surface area contributed by atoms with Crippen molar-refractivity contribution in [1.29, 1.82) is 5.26 Å². The Balaban J connectivity index is 2.26. The van der Waals surface area contributed by atoms with Crippen molar-refractivity contribution in [3.05, 3.63) is 35.6 Å². The molecular weight excluding hydrogens is 229 g/mol. The molecular formula is C15H16FNO. The fraction of sp³-hybridized carbons (Fsp3) is 0.467. The topological polar surface area (TPSA) is 40.9 Å². The lowest BCUT2D eigenvalue weighted by molar-refractivity contribution is -0.128. The second kappa shape index (κ2) is 4.89. The zero-order valence-corrected chi connectivity index (χ0v) is 10.4. The van der Waals surface area contributed by atoms with Gasteiger partial charge in [-0.1, -0.05) is 31.9 Å². The molecule has 0 amide bonds. The number of carbonyl (C=O) groups excluding carboxylic acids is 1. The predicted octanol–water partition coefficient (Wildman–Crippen LogP) is 3.58. The van der Waals surface area contributed by atoms with E-state index < -0.39 is 5.92 Å². The van der Waals surface area contributed by atoms with Crippen LogP contribution >= 0.6 is 0 Å². The van der Waals surface area contributed by atoms with Gasteiger partial charge in [0.1, 0.15) is 11.7 Å². The van der Waals surface area contributed by atoms with E-state index in [-0.39, 0.29) is 17.0 Å². The van der Waals surface area contributed by atoms with Crippen LogP contribution in [0.15, 0.2) is 24.3 Å². The summed E-state index contributed by atoms with van der Waals surface area (Å²) in [6, 6.07) is 7.71. The molecule has 18 heavy (non-hydrogen) atoms. The van der Waals surface area contributed by atoms with E-state index in [4.69, 9.17) is 0 Å². The molecule has 1 aromatic rings. The standard InChI is InChI=1S/C15H16FNO/c1-15(8-2-3-9-15)14(18)13(10-17)11-4-6-12(16)7-5-11/h4-7,13H,2-3,8-9H2,1H3. The molecule has 1 fully saturated rings. The first kappa shape index (κ1) is 12.8. The number of benzene rings is 1. The highest BCUT2D eigenvalue weighted by atomic mass is 19.1. The van der Waals surface area contributed by atoms with Crippen LogP contribution in [0.1, 0.15) is 44.1 Å². The van der Waals surface area contributed by atoms with Gasteiger partial charge in [-0.25, -0.2) is 4.39 Å². The van der Waals surface area contributed by atoms with E-state index in [0.717, 1.165) is 25.7 Å². The Kier molecular flexibility index (Phi) is 3.47. The third-order valence-electron chi connectivity index (χ3n) is 3.90. The number of nitriles is 1. The second-order valence-corrected chi connectivity index (χ2v) is 5.25. The third-order valence-corrected chi connectivity index (χ3v) is 3.90. The van der Waals surface area contributed by atoms with Crippen molar-refractivity contribution in [2.45, 2.75) is 38.5 Å². The minimum Gasteiger partial charge on any atom is -0.297 e. The highest BCUT2D eigenvalue weighted by Crippen LogP contribution is 2.41. The molecule has 1 aromatic carbocycles. The molecule has 0 bridgehead atoms. The van der Waals surface area contributed by atoms with E-state index in [9.17, 15) is 14.4 Å². The van der Waals surface area contributed by atoms with Gasteiger partial charge in [0.2, 0.25) is 0 Å². The Morgan fingerprint density at radius 1 is 1.33 bits per heavy atom. The molecule has 1 aliphatic rings. The Morgan fingerprint density at radius 3 is 2.39 bits per heavy atom. The molecule has 0 spiro atoms. The molecule has 0 aliphatic heterocycles. The molecule has 2 rings (SSSR count). The molecule has 0 radical (unpaired) electrons. The van der Waals surface area contributed by atoms with Crippen molar-refractivity contribution in [3.8, 4) is 6.07 Å². The summed E-state index contributed by atoms with van der Waals surface area (Å²) in [5.41, 5.74) is 0.214. The van der Waals surface area contributed by atoms with Gasteiger partial charge in [-0.3, -0.25) is 4.79 Å². The number of hydrogen-bond donors (Lipinski definition) is 0. The first-order valence-corrected chi connectivity index (χ1v) is 6.26. The number of carbonyl (C=O) groups is 1. The van der Waals surface area contributed by atoms with Gasteiger partial charge in [-0.05, 0) is 30.5 Å². The largest absolute Gasteiger partial charge is 0.297 e. The van der Waals surface area contributed by atoms with Crippen LogP contribution in [0.25, 0.3) is 0 Å². The van der Waals surface area contributed by atoms with E-state index in [0.29, 0.717) is 5.56 Å². The zero-order valence-electron chi connectivity index (χ0n) is 10.4. The summed E-state index contributed by atoms with van der Waals surface area (Å²) >= 11 is 0. The Morgan fingerprint density at radius 2 is 1.89 bits per heavy atom. The summed E-state index contributed by atoms with van der Waals surface area (Å²) in [5.74, 6) is -1.14. The SMILES string of the molecule is CC1(C(=O)C(C#N)c2ccc(F)cc2)CCCC1. The van der Waals surface area contributed by atoms with E-state index >= 15 is 0 Å². The van der Waals surface area contributed by atoms with E-state index in [1.165, 1.54) is 24.3 Å². The van der Waals surface area contributed by atoms with Gasteiger partial charge >= 0.3 is 0 Å². The molecule has 94 valence electrons. The van der Waals surface area contributed by atoms with Gasteiger partial charge in [-0.2, -0.15) is 5.26 Å². The number of hydrogen-bond acceptors (Lipinski definition) is 2. The predicted molar refractivity (Wildman–Crippen MR) is 66.3 cm³/mol. The Hall–Kier alpha value is -1.69. The maximum Gasteiger partial charge on any atom is 0.160 e. The first-order valence-electron chi connectivity index (χ1n) is 6.26. The molecule has 0 aromatic heterocycles. The number of halogens is 1. The lowest BCUT2D eigenvalue weighted by atomic mass is 9.76. The molecule has 0 saturated heterocycles. The second-order valence-electron chi connectivity index (χ2n) is 5.25. The summed E-state index contributed by atoms with van der Waals surface area (Å²) in [6.45, 7) is 1.94. The summed E-state index contributed by atoms with van der Waals surface area (Å²) in [7, 11) is 0. The normalized spacial score (nSPS) is 19.2. The van der Waals surface area contributed by atoms with Gasteiger partial charge in [0.25, 0.3) is 0 Å². The average molecular weight is 245 g/mol. The first-order chi connectivity index (χ1) is 8.57. The summed E-state index contributed by atoms with van der Waals surface area (Å²) in [5, 5.41) is 9.23.